The Hall–Kier alpha value is -2.74. The van der Waals surface area contributed by atoms with Gasteiger partial charge in [0.25, 0.3) is 5.91 Å². The van der Waals surface area contributed by atoms with E-state index in [1.807, 2.05) is 18.7 Å². The molecule has 2 saturated heterocycles. The third-order valence-corrected chi connectivity index (χ3v) is 6.44. The van der Waals surface area contributed by atoms with Crippen molar-refractivity contribution in [2.45, 2.75) is 64.4 Å². The van der Waals surface area contributed by atoms with Gasteiger partial charge in [-0.05, 0) is 49.8 Å². The highest BCUT2D eigenvalue weighted by atomic mass is 16.5. The van der Waals surface area contributed by atoms with Crippen LogP contribution in [0.3, 0.4) is 0 Å². The molecule has 1 spiro atoms. The lowest BCUT2D eigenvalue weighted by molar-refractivity contribution is -0.123. The lowest BCUT2D eigenvalue weighted by Crippen LogP contribution is -2.51. The number of hydrogen-bond acceptors (Lipinski definition) is 6. The minimum atomic E-state index is -0.178. The first-order chi connectivity index (χ1) is 15.3. The number of benzene rings is 1. The zero-order valence-electron chi connectivity index (χ0n) is 19.1. The molecule has 8 nitrogen and oxygen atoms in total. The topological polar surface area (TPSA) is 97.6 Å². The standard InChI is InChI=1S/C24H32N4O4/c1-16(2)22-26-21(27-32-22)13-18-7-12-31-24(15-18)8-10-28(11-9-24)23(30)19-5-4-6-20(14-19)25-17(3)29/h4-6,14,16,18H,7-13,15H2,1-3H3,(H,25,29). The number of anilines is 1. The molecule has 0 radical (unpaired) electrons. The zero-order valence-corrected chi connectivity index (χ0v) is 19.1. The van der Waals surface area contributed by atoms with Gasteiger partial charge in [0.05, 0.1) is 5.60 Å². The van der Waals surface area contributed by atoms with Crippen molar-refractivity contribution >= 4 is 17.5 Å². The van der Waals surface area contributed by atoms with Gasteiger partial charge in [-0.3, -0.25) is 9.59 Å². The molecule has 3 heterocycles. The molecular weight excluding hydrogens is 408 g/mol. The number of hydrogen-bond donors (Lipinski definition) is 1. The second kappa shape index (κ2) is 9.40. The van der Waals surface area contributed by atoms with Crippen molar-refractivity contribution in [1.82, 2.24) is 15.0 Å². The highest BCUT2D eigenvalue weighted by Gasteiger charge is 2.41. The largest absolute Gasteiger partial charge is 0.375 e. The summed E-state index contributed by atoms with van der Waals surface area (Å²) in [5.41, 5.74) is 1.05. The number of nitrogens with one attached hydrogen (secondary N) is 1. The molecule has 0 aliphatic carbocycles. The summed E-state index contributed by atoms with van der Waals surface area (Å²) in [6.07, 6.45) is 4.40. The van der Waals surface area contributed by atoms with E-state index in [-0.39, 0.29) is 23.3 Å². The number of carbonyl (C=O) groups excluding carboxylic acids is 2. The van der Waals surface area contributed by atoms with E-state index in [4.69, 9.17) is 9.26 Å². The van der Waals surface area contributed by atoms with Crippen LogP contribution in [0.15, 0.2) is 28.8 Å². The Morgan fingerprint density at radius 3 is 2.75 bits per heavy atom. The SMILES string of the molecule is CC(=O)Nc1cccc(C(=O)N2CCC3(CC2)CC(Cc2noc(C(C)C)n2)CCO3)c1. The van der Waals surface area contributed by atoms with Crippen molar-refractivity contribution in [2.75, 3.05) is 25.0 Å². The summed E-state index contributed by atoms with van der Waals surface area (Å²) in [5, 5.41) is 6.89. The molecule has 0 bridgehead atoms. The molecule has 1 atom stereocenters. The number of likely N-dealkylation sites (tertiary alicyclic amines) is 1. The number of carbonyl (C=O) groups is 2. The monoisotopic (exact) mass is 440 g/mol. The van der Waals surface area contributed by atoms with Crippen LogP contribution >= 0.6 is 0 Å². The molecule has 2 amide bonds. The zero-order chi connectivity index (χ0) is 22.7. The first-order valence-corrected chi connectivity index (χ1v) is 11.5. The average molecular weight is 441 g/mol. The summed E-state index contributed by atoms with van der Waals surface area (Å²) in [7, 11) is 0. The molecule has 1 aromatic carbocycles. The fourth-order valence-electron chi connectivity index (χ4n) is 4.73. The smallest absolute Gasteiger partial charge is 0.253 e. The lowest BCUT2D eigenvalue weighted by atomic mass is 9.78. The van der Waals surface area contributed by atoms with Gasteiger partial charge in [-0.2, -0.15) is 4.98 Å². The number of nitrogens with zero attached hydrogens (tertiary/aromatic N) is 3. The summed E-state index contributed by atoms with van der Waals surface area (Å²) in [6, 6.07) is 7.10. The Bertz CT molecular complexity index is 962. The summed E-state index contributed by atoms with van der Waals surface area (Å²) in [6.45, 7) is 7.60. The maximum absolute atomic E-state index is 13.0. The number of piperidine rings is 1. The minimum Gasteiger partial charge on any atom is -0.375 e. The molecule has 1 unspecified atom stereocenters. The van der Waals surface area contributed by atoms with E-state index in [1.165, 1.54) is 6.92 Å². The van der Waals surface area contributed by atoms with Crippen molar-refractivity contribution in [2.24, 2.45) is 5.92 Å². The normalized spacial score (nSPS) is 20.5. The van der Waals surface area contributed by atoms with Crippen LogP contribution in [0.2, 0.25) is 0 Å². The van der Waals surface area contributed by atoms with Crippen LogP contribution in [-0.4, -0.2) is 52.2 Å². The molecule has 0 saturated carbocycles. The Morgan fingerprint density at radius 2 is 2.06 bits per heavy atom. The van der Waals surface area contributed by atoms with Crippen LogP contribution in [-0.2, 0) is 16.0 Å². The van der Waals surface area contributed by atoms with Crippen molar-refractivity contribution in [3.8, 4) is 0 Å². The Balaban J connectivity index is 1.34. The molecule has 8 heteroatoms. The molecule has 2 aromatic rings. The molecule has 4 rings (SSSR count). The van der Waals surface area contributed by atoms with Crippen LogP contribution in [0.1, 0.15) is 74.4 Å². The van der Waals surface area contributed by atoms with Crippen molar-refractivity contribution in [3.63, 3.8) is 0 Å². The summed E-state index contributed by atoms with van der Waals surface area (Å²) < 4.78 is 11.6. The number of ether oxygens (including phenoxy) is 1. The second-order valence-electron chi connectivity index (χ2n) is 9.35. The number of amides is 2. The first kappa shape index (κ1) is 22.5. The summed E-state index contributed by atoms with van der Waals surface area (Å²) in [4.78, 5) is 30.7. The van der Waals surface area contributed by atoms with Gasteiger partial charge < -0.3 is 19.5 Å². The third kappa shape index (κ3) is 5.18. The van der Waals surface area contributed by atoms with Crippen LogP contribution in [0, 0.1) is 5.92 Å². The molecule has 1 aromatic heterocycles. The molecule has 2 aliphatic rings. The predicted molar refractivity (Wildman–Crippen MR) is 119 cm³/mol. The minimum absolute atomic E-state index is 0.00702. The van der Waals surface area contributed by atoms with Gasteiger partial charge in [0.1, 0.15) is 0 Å². The van der Waals surface area contributed by atoms with Crippen LogP contribution in [0.25, 0.3) is 0 Å². The van der Waals surface area contributed by atoms with Gasteiger partial charge in [-0.25, -0.2) is 0 Å². The van der Waals surface area contributed by atoms with E-state index in [2.05, 4.69) is 15.5 Å². The maximum Gasteiger partial charge on any atom is 0.253 e. The van der Waals surface area contributed by atoms with E-state index < -0.39 is 0 Å². The fraction of sp³-hybridized carbons (Fsp3) is 0.583. The van der Waals surface area contributed by atoms with Crippen LogP contribution < -0.4 is 5.32 Å². The van der Waals surface area contributed by atoms with Gasteiger partial charge >= 0.3 is 0 Å². The van der Waals surface area contributed by atoms with E-state index >= 15 is 0 Å². The highest BCUT2D eigenvalue weighted by Crippen LogP contribution is 2.39. The van der Waals surface area contributed by atoms with Gasteiger partial charge in [0.15, 0.2) is 5.82 Å². The predicted octanol–water partition coefficient (Wildman–Crippen LogP) is 3.80. The highest BCUT2D eigenvalue weighted by molar-refractivity contribution is 5.96. The van der Waals surface area contributed by atoms with E-state index in [0.717, 1.165) is 44.5 Å². The molecule has 172 valence electrons. The van der Waals surface area contributed by atoms with Crippen LogP contribution in [0.4, 0.5) is 5.69 Å². The van der Waals surface area contributed by atoms with Crippen molar-refractivity contribution in [1.29, 1.82) is 0 Å². The summed E-state index contributed by atoms with van der Waals surface area (Å²) in [5.74, 6) is 2.00. The number of aromatic nitrogens is 2. The van der Waals surface area contributed by atoms with Crippen LogP contribution in [0.5, 0.6) is 0 Å². The molecule has 2 aliphatic heterocycles. The lowest BCUT2D eigenvalue weighted by Gasteiger charge is -2.46. The van der Waals surface area contributed by atoms with Gasteiger partial charge in [0, 0.05) is 50.2 Å². The van der Waals surface area contributed by atoms with Gasteiger partial charge in [-0.15, -0.1) is 0 Å². The average Bonchev–Trinajstić information content (AvgIpc) is 3.22. The van der Waals surface area contributed by atoms with E-state index in [9.17, 15) is 9.59 Å². The maximum atomic E-state index is 13.0. The third-order valence-electron chi connectivity index (χ3n) is 6.44. The van der Waals surface area contributed by atoms with Gasteiger partial charge in [0.2, 0.25) is 11.8 Å². The molecule has 2 fully saturated rings. The van der Waals surface area contributed by atoms with Crippen molar-refractivity contribution in [3.05, 3.63) is 41.5 Å². The molecular formula is C24H32N4O4. The Morgan fingerprint density at radius 1 is 1.28 bits per heavy atom. The van der Waals surface area contributed by atoms with E-state index in [1.54, 1.807) is 24.3 Å². The van der Waals surface area contributed by atoms with Gasteiger partial charge in [-0.1, -0.05) is 25.1 Å². The fourth-order valence-corrected chi connectivity index (χ4v) is 4.73. The molecule has 32 heavy (non-hydrogen) atoms. The summed E-state index contributed by atoms with van der Waals surface area (Å²) >= 11 is 0. The van der Waals surface area contributed by atoms with Crippen molar-refractivity contribution < 1.29 is 18.8 Å². The Kier molecular flexibility index (Phi) is 6.60. The second-order valence-corrected chi connectivity index (χ2v) is 9.35. The Labute approximate surface area is 188 Å². The quantitative estimate of drug-likeness (QED) is 0.760. The first-order valence-electron chi connectivity index (χ1n) is 11.5. The van der Waals surface area contributed by atoms with E-state index in [0.29, 0.717) is 36.1 Å². The number of rotatable bonds is 5. The molecule has 1 N–H and O–H groups in total.